The highest BCUT2D eigenvalue weighted by atomic mass is 16.5. The first-order chi connectivity index (χ1) is 8.17. The molecule has 1 aromatic heterocycles. The summed E-state index contributed by atoms with van der Waals surface area (Å²) in [6.45, 7) is 0. The van der Waals surface area contributed by atoms with Crippen molar-refractivity contribution in [3.05, 3.63) is 35.5 Å². The van der Waals surface area contributed by atoms with E-state index in [1.54, 1.807) is 12.1 Å². The van der Waals surface area contributed by atoms with E-state index in [1.165, 1.54) is 7.11 Å². The van der Waals surface area contributed by atoms with Crippen molar-refractivity contribution < 1.29 is 9.53 Å². The van der Waals surface area contributed by atoms with Crippen LogP contribution in [0.2, 0.25) is 0 Å². The highest BCUT2D eigenvalue weighted by molar-refractivity contribution is 5.95. The molecule has 0 radical (unpaired) electrons. The van der Waals surface area contributed by atoms with Gasteiger partial charge in [0, 0.05) is 24.1 Å². The fourth-order valence-electron chi connectivity index (χ4n) is 1.94. The molecule has 4 heteroatoms. The van der Waals surface area contributed by atoms with E-state index in [0.717, 1.165) is 16.5 Å². The number of rotatable bonds is 2. The van der Waals surface area contributed by atoms with Gasteiger partial charge < -0.3 is 9.30 Å². The van der Waals surface area contributed by atoms with Gasteiger partial charge in [0.1, 0.15) is 0 Å². The molecule has 2 rings (SSSR count). The van der Waals surface area contributed by atoms with Crippen LogP contribution in [0.1, 0.15) is 15.9 Å². The predicted octanol–water partition coefficient (Wildman–Crippen LogP) is 2.03. The van der Waals surface area contributed by atoms with Gasteiger partial charge in [-0.05, 0) is 23.8 Å². The number of esters is 1. The Labute approximate surface area is 99.0 Å². The minimum Gasteiger partial charge on any atom is -0.465 e. The Hall–Kier alpha value is -2.28. The molecule has 0 N–H and O–H groups in total. The van der Waals surface area contributed by atoms with Gasteiger partial charge in [-0.2, -0.15) is 5.26 Å². The second-order valence-electron chi connectivity index (χ2n) is 3.82. The number of carbonyl (C=O) groups is 1. The van der Waals surface area contributed by atoms with Crippen molar-refractivity contribution in [3.8, 4) is 6.07 Å². The van der Waals surface area contributed by atoms with E-state index in [1.807, 2.05) is 23.9 Å². The molecule has 4 nitrogen and oxygen atoms in total. The third-order valence-electron chi connectivity index (χ3n) is 2.76. The van der Waals surface area contributed by atoms with Gasteiger partial charge in [-0.1, -0.05) is 0 Å². The molecule has 0 unspecified atom stereocenters. The number of aromatic nitrogens is 1. The summed E-state index contributed by atoms with van der Waals surface area (Å²) in [5.41, 5.74) is 2.43. The van der Waals surface area contributed by atoms with E-state index in [-0.39, 0.29) is 5.97 Å². The zero-order valence-electron chi connectivity index (χ0n) is 9.73. The number of benzene rings is 1. The van der Waals surface area contributed by atoms with Gasteiger partial charge in [0.25, 0.3) is 0 Å². The molecular formula is C13H12N2O2. The summed E-state index contributed by atoms with van der Waals surface area (Å²) in [5.74, 6) is -0.362. The smallest absolute Gasteiger partial charge is 0.337 e. The minimum absolute atomic E-state index is 0.335. The fourth-order valence-corrected chi connectivity index (χ4v) is 1.94. The summed E-state index contributed by atoms with van der Waals surface area (Å²) in [4.78, 5) is 11.4. The molecule has 0 spiro atoms. The molecule has 86 valence electrons. The van der Waals surface area contributed by atoms with Gasteiger partial charge in [-0.3, -0.25) is 0 Å². The van der Waals surface area contributed by atoms with Crippen LogP contribution >= 0.6 is 0 Å². The number of nitrogens with zero attached hydrogens (tertiary/aromatic N) is 2. The lowest BCUT2D eigenvalue weighted by Crippen LogP contribution is -2.00. The summed E-state index contributed by atoms with van der Waals surface area (Å²) in [7, 11) is 3.27. The lowest BCUT2D eigenvalue weighted by molar-refractivity contribution is 0.0601. The normalized spacial score (nSPS) is 10.2. The number of methoxy groups -OCH3 is 1. The largest absolute Gasteiger partial charge is 0.465 e. The molecule has 17 heavy (non-hydrogen) atoms. The molecule has 0 atom stereocenters. The van der Waals surface area contributed by atoms with E-state index in [4.69, 9.17) is 5.26 Å². The topological polar surface area (TPSA) is 55.0 Å². The molecule has 1 heterocycles. The summed E-state index contributed by atoms with van der Waals surface area (Å²) < 4.78 is 6.63. The standard InChI is InChI=1S/C13H12N2O2/c1-15-8-10(5-6-14)11-7-9(13(16)17-2)3-4-12(11)15/h3-4,7-8H,5H2,1-2H3. The fraction of sp³-hybridized carbons (Fsp3) is 0.231. The lowest BCUT2D eigenvalue weighted by atomic mass is 10.1. The van der Waals surface area contributed by atoms with Crippen molar-refractivity contribution >= 4 is 16.9 Å². The second-order valence-corrected chi connectivity index (χ2v) is 3.82. The molecule has 2 aromatic rings. The number of ether oxygens (including phenoxy) is 1. The average molecular weight is 228 g/mol. The first-order valence-corrected chi connectivity index (χ1v) is 5.20. The monoisotopic (exact) mass is 228 g/mol. The van der Waals surface area contributed by atoms with Crippen LogP contribution in [-0.4, -0.2) is 17.6 Å². The Morgan fingerprint density at radius 3 is 2.94 bits per heavy atom. The van der Waals surface area contributed by atoms with E-state index >= 15 is 0 Å². The van der Waals surface area contributed by atoms with Crippen molar-refractivity contribution in [2.24, 2.45) is 7.05 Å². The van der Waals surface area contributed by atoms with Crippen LogP contribution in [0.5, 0.6) is 0 Å². The van der Waals surface area contributed by atoms with Crippen LogP contribution < -0.4 is 0 Å². The number of hydrogen-bond acceptors (Lipinski definition) is 3. The summed E-state index contributed by atoms with van der Waals surface area (Å²) in [6, 6.07) is 7.48. The summed E-state index contributed by atoms with van der Waals surface area (Å²) in [6.07, 6.45) is 2.25. The van der Waals surface area contributed by atoms with Gasteiger partial charge in [0.05, 0.1) is 25.2 Å². The Balaban J connectivity index is 2.62. The van der Waals surface area contributed by atoms with Gasteiger partial charge in [-0.15, -0.1) is 0 Å². The molecule has 0 saturated heterocycles. The van der Waals surface area contributed by atoms with E-state index in [9.17, 15) is 4.79 Å². The predicted molar refractivity (Wildman–Crippen MR) is 63.6 cm³/mol. The molecule has 0 aliphatic heterocycles. The van der Waals surface area contributed by atoms with E-state index < -0.39 is 0 Å². The maximum absolute atomic E-state index is 11.4. The van der Waals surface area contributed by atoms with Crippen LogP contribution in [0.3, 0.4) is 0 Å². The van der Waals surface area contributed by atoms with Crippen LogP contribution in [-0.2, 0) is 18.2 Å². The quantitative estimate of drug-likeness (QED) is 0.739. The Morgan fingerprint density at radius 2 is 2.29 bits per heavy atom. The Kier molecular flexibility index (Phi) is 2.84. The molecule has 0 aliphatic carbocycles. The van der Waals surface area contributed by atoms with Crippen LogP contribution in [0, 0.1) is 11.3 Å². The van der Waals surface area contributed by atoms with E-state index in [2.05, 4.69) is 10.8 Å². The number of carbonyl (C=O) groups excluding carboxylic acids is 1. The molecule has 1 aromatic carbocycles. The van der Waals surface area contributed by atoms with Crippen LogP contribution in [0.25, 0.3) is 10.9 Å². The number of nitriles is 1. The zero-order chi connectivity index (χ0) is 12.4. The second kappa shape index (κ2) is 4.30. The summed E-state index contributed by atoms with van der Waals surface area (Å²) >= 11 is 0. The highest BCUT2D eigenvalue weighted by Gasteiger charge is 2.10. The van der Waals surface area contributed by atoms with Gasteiger partial charge in [0.15, 0.2) is 0 Å². The highest BCUT2D eigenvalue weighted by Crippen LogP contribution is 2.22. The van der Waals surface area contributed by atoms with Crippen LogP contribution in [0.15, 0.2) is 24.4 Å². The van der Waals surface area contributed by atoms with E-state index in [0.29, 0.717) is 12.0 Å². The molecule has 0 amide bonds. The van der Waals surface area contributed by atoms with Gasteiger partial charge >= 0.3 is 5.97 Å². The maximum atomic E-state index is 11.4. The molecule has 0 bridgehead atoms. The lowest BCUT2D eigenvalue weighted by Gasteiger charge is -2.01. The third-order valence-corrected chi connectivity index (χ3v) is 2.76. The van der Waals surface area contributed by atoms with Crippen LogP contribution in [0.4, 0.5) is 0 Å². The molecule has 0 fully saturated rings. The molecule has 0 saturated carbocycles. The average Bonchev–Trinajstić information content (AvgIpc) is 2.65. The minimum atomic E-state index is -0.362. The number of hydrogen-bond donors (Lipinski definition) is 0. The van der Waals surface area contributed by atoms with Gasteiger partial charge in [0.2, 0.25) is 0 Å². The summed E-state index contributed by atoms with van der Waals surface area (Å²) in [5, 5.41) is 9.69. The Morgan fingerprint density at radius 1 is 1.53 bits per heavy atom. The third kappa shape index (κ3) is 1.87. The maximum Gasteiger partial charge on any atom is 0.337 e. The van der Waals surface area contributed by atoms with Gasteiger partial charge in [-0.25, -0.2) is 4.79 Å². The Bertz CT molecular complexity index is 620. The van der Waals surface area contributed by atoms with Crippen molar-refractivity contribution in [3.63, 3.8) is 0 Å². The molecular weight excluding hydrogens is 216 g/mol. The van der Waals surface area contributed by atoms with Crippen molar-refractivity contribution in [1.82, 2.24) is 4.57 Å². The van der Waals surface area contributed by atoms with Crippen molar-refractivity contribution in [1.29, 1.82) is 5.26 Å². The number of fused-ring (bicyclic) bond motifs is 1. The zero-order valence-corrected chi connectivity index (χ0v) is 9.73. The number of aryl methyl sites for hydroxylation is 1. The first-order valence-electron chi connectivity index (χ1n) is 5.20. The van der Waals surface area contributed by atoms with Crippen molar-refractivity contribution in [2.45, 2.75) is 6.42 Å². The first kappa shape index (κ1) is 11.2. The molecule has 0 aliphatic rings. The SMILES string of the molecule is COC(=O)c1ccc2c(c1)c(CC#N)cn2C. The van der Waals surface area contributed by atoms with Crippen molar-refractivity contribution in [2.75, 3.05) is 7.11 Å².